The van der Waals surface area contributed by atoms with Crippen LogP contribution in [0.2, 0.25) is 0 Å². The number of furan rings is 1. The standard InChI is InChI=1S/C12H17N3O/c1-2-9(13)3-6-14-12-10-5-8-16-11(10)4-7-15-12/h4-5,7-9H,2-3,6,13H2,1H3,(H,14,15). The number of nitrogens with one attached hydrogen (secondary N) is 1. The van der Waals surface area contributed by atoms with Gasteiger partial charge in [-0.2, -0.15) is 0 Å². The van der Waals surface area contributed by atoms with Gasteiger partial charge in [0.05, 0.1) is 11.6 Å². The Bertz CT molecular complexity index is 452. The van der Waals surface area contributed by atoms with Crippen LogP contribution in [0, 0.1) is 0 Å². The molecule has 0 aliphatic heterocycles. The quantitative estimate of drug-likeness (QED) is 0.810. The fraction of sp³-hybridized carbons (Fsp3) is 0.417. The first-order valence-electron chi connectivity index (χ1n) is 5.63. The zero-order valence-corrected chi connectivity index (χ0v) is 9.44. The van der Waals surface area contributed by atoms with E-state index in [2.05, 4.69) is 17.2 Å². The van der Waals surface area contributed by atoms with Crippen molar-refractivity contribution in [2.24, 2.45) is 5.73 Å². The lowest BCUT2D eigenvalue weighted by Crippen LogP contribution is -2.22. The number of pyridine rings is 1. The highest BCUT2D eigenvalue weighted by Gasteiger charge is 2.04. The zero-order chi connectivity index (χ0) is 11.4. The first-order valence-corrected chi connectivity index (χ1v) is 5.63. The van der Waals surface area contributed by atoms with Crippen LogP contribution in [0.4, 0.5) is 5.82 Å². The van der Waals surface area contributed by atoms with E-state index < -0.39 is 0 Å². The molecule has 2 aromatic heterocycles. The van der Waals surface area contributed by atoms with Crippen molar-refractivity contribution < 1.29 is 4.42 Å². The number of rotatable bonds is 5. The molecule has 1 atom stereocenters. The van der Waals surface area contributed by atoms with Gasteiger partial charge >= 0.3 is 0 Å². The molecule has 2 heterocycles. The number of aromatic nitrogens is 1. The molecule has 0 saturated heterocycles. The van der Waals surface area contributed by atoms with E-state index in [-0.39, 0.29) is 6.04 Å². The summed E-state index contributed by atoms with van der Waals surface area (Å²) in [4.78, 5) is 4.29. The minimum atomic E-state index is 0.260. The van der Waals surface area contributed by atoms with E-state index in [0.29, 0.717) is 0 Å². The minimum absolute atomic E-state index is 0.260. The van der Waals surface area contributed by atoms with Crippen LogP contribution in [0.25, 0.3) is 11.0 Å². The fourth-order valence-corrected chi connectivity index (χ4v) is 1.62. The molecule has 2 rings (SSSR count). The number of hydrogen-bond donors (Lipinski definition) is 2. The molecule has 4 heteroatoms. The Balaban J connectivity index is 2.01. The van der Waals surface area contributed by atoms with E-state index >= 15 is 0 Å². The molecule has 16 heavy (non-hydrogen) atoms. The summed E-state index contributed by atoms with van der Waals surface area (Å²) in [6, 6.07) is 4.04. The van der Waals surface area contributed by atoms with Crippen LogP contribution in [-0.2, 0) is 0 Å². The molecular formula is C12H17N3O. The van der Waals surface area contributed by atoms with Gasteiger partial charge in [0.15, 0.2) is 0 Å². The number of fused-ring (bicyclic) bond motifs is 1. The topological polar surface area (TPSA) is 64.1 Å². The van der Waals surface area contributed by atoms with Crippen molar-refractivity contribution in [3.63, 3.8) is 0 Å². The first kappa shape index (κ1) is 11.0. The van der Waals surface area contributed by atoms with Crippen LogP contribution in [-0.4, -0.2) is 17.6 Å². The Hall–Kier alpha value is -1.55. The molecular weight excluding hydrogens is 202 g/mol. The highest BCUT2D eigenvalue weighted by atomic mass is 16.3. The number of nitrogens with zero attached hydrogens (tertiary/aromatic N) is 1. The normalized spacial score (nSPS) is 12.9. The number of anilines is 1. The Morgan fingerprint density at radius 2 is 2.38 bits per heavy atom. The first-order chi connectivity index (χ1) is 7.81. The van der Waals surface area contributed by atoms with Gasteiger partial charge in [0, 0.05) is 18.8 Å². The summed E-state index contributed by atoms with van der Waals surface area (Å²) < 4.78 is 5.30. The van der Waals surface area contributed by atoms with Gasteiger partial charge in [0.25, 0.3) is 0 Å². The van der Waals surface area contributed by atoms with Crippen molar-refractivity contribution >= 4 is 16.8 Å². The van der Waals surface area contributed by atoms with E-state index in [1.807, 2.05) is 12.1 Å². The molecule has 4 nitrogen and oxygen atoms in total. The summed E-state index contributed by atoms with van der Waals surface area (Å²) >= 11 is 0. The molecule has 1 unspecified atom stereocenters. The number of hydrogen-bond acceptors (Lipinski definition) is 4. The third kappa shape index (κ3) is 2.33. The van der Waals surface area contributed by atoms with Gasteiger partial charge in [-0.15, -0.1) is 0 Å². The van der Waals surface area contributed by atoms with E-state index in [9.17, 15) is 0 Å². The second-order valence-corrected chi connectivity index (χ2v) is 3.88. The Morgan fingerprint density at radius 1 is 1.50 bits per heavy atom. The Labute approximate surface area is 94.8 Å². The molecule has 0 radical (unpaired) electrons. The molecule has 86 valence electrons. The molecule has 0 saturated carbocycles. The summed E-state index contributed by atoms with van der Waals surface area (Å²) in [5.41, 5.74) is 6.71. The maximum absolute atomic E-state index is 5.85. The predicted octanol–water partition coefficient (Wildman–Crippen LogP) is 2.37. The summed E-state index contributed by atoms with van der Waals surface area (Å²) in [6.07, 6.45) is 5.38. The molecule has 0 amide bonds. The van der Waals surface area contributed by atoms with Crippen LogP contribution < -0.4 is 11.1 Å². The van der Waals surface area contributed by atoms with Crippen molar-refractivity contribution in [3.8, 4) is 0 Å². The average Bonchev–Trinajstić information content (AvgIpc) is 2.77. The van der Waals surface area contributed by atoms with Crippen LogP contribution >= 0.6 is 0 Å². The molecule has 0 aliphatic carbocycles. The maximum atomic E-state index is 5.85. The van der Waals surface area contributed by atoms with Crippen molar-refractivity contribution in [2.75, 3.05) is 11.9 Å². The largest absolute Gasteiger partial charge is 0.464 e. The van der Waals surface area contributed by atoms with E-state index in [4.69, 9.17) is 10.2 Å². The zero-order valence-electron chi connectivity index (χ0n) is 9.44. The Kier molecular flexibility index (Phi) is 3.41. The van der Waals surface area contributed by atoms with E-state index in [0.717, 1.165) is 36.2 Å². The fourth-order valence-electron chi connectivity index (χ4n) is 1.62. The van der Waals surface area contributed by atoms with Gasteiger partial charge in [-0.05, 0) is 25.0 Å². The molecule has 3 N–H and O–H groups in total. The smallest absolute Gasteiger partial charge is 0.139 e. The second kappa shape index (κ2) is 4.99. The molecule has 2 aromatic rings. The minimum Gasteiger partial charge on any atom is -0.464 e. The van der Waals surface area contributed by atoms with Gasteiger partial charge in [0.2, 0.25) is 0 Å². The van der Waals surface area contributed by atoms with Gasteiger partial charge < -0.3 is 15.5 Å². The monoisotopic (exact) mass is 219 g/mol. The lowest BCUT2D eigenvalue weighted by atomic mass is 10.2. The molecule has 0 aliphatic rings. The van der Waals surface area contributed by atoms with Crippen molar-refractivity contribution in [1.82, 2.24) is 4.98 Å². The molecule has 0 fully saturated rings. The molecule has 0 bridgehead atoms. The number of nitrogens with two attached hydrogens (primary N) is 1. The Morgan fingerprint density at radius 3 is 3.19 bits per heavy atom. The predicted molar refractivity (Wildman–Crippen MR) is 65.4 cm³/mol. The van der Waals surface area contributed by atoms with Gasteiger partial charge in [0.1, 0.15) is 11.4 Å². The van der Waals surface area contributed by atoms with Crippen molar-refractivity contribution in [2.45, 2.75) is 25.8 Å². The highest BCUT2D eigenvalue weighted by molar-refractivity contribution is 5.87. The lowest BCUT2D eigenvalue weighted by Gasteiger charge is -2.10. The van der Waals surface area contributed by atoms with Gasteiger partial charge in [-0.3, -0.25) is 0 Å². The van der Waals surface area contributed by atoms with Crippen molar-refractivity contribution in [3.05, 3.63) is 24.6 Å². The lowest BCUT2D eigenvalue weighted by molar-refractivity contribution is 0.612. The molecule has 0 aromatic carbocycles. The van der Waals surface area contributed by atoms with Crippen LogP contribution in [0.3, 0.4) is 0 Å². The van der Waals surface area contributed by atoms with Crippen LogP contribution in [0.5, 0.6) is 0 Å². The van der Waals surface area contributed by atoms with Gasteiger partial charge in [-0.1, -0.05) is 6.92 Å². The second-order valence-electron chi connectivity index (χ2n) is 3.88. The third-order valence-electron chi connectivity index (χ3n) is 2.71. The average molecular weight is 219 g/mol. The molecule has 0 spiro atoms. The van der Waals surface area contributed by atoms with Gasteiger partial charge in [-0.25, -0.2) is 4.98 Å². The van der Waals surface area contributed by atoms with Crippen LogP contribution in [0.15, 0.2) is 29.0 Å². The summed E-state index contributed by atoms with van der Waals surface area (Å²) in [5, 5.41) is 4.31. The SMILES string of the molecule is CCC(N)CCNc1nccc2occc12. The van der Waals surface area contributed by atoms with Crippen LogP contribution in [0.1, 0.15) is 19.8 Å². The third-order valence-corrected chi connectivity index (χ3v) is 2.71. The van der Waals surface area contributed by atoms with Crippen molar-refractivity contribution in [1.29, 1.82) is 0 Å². The maximum Gasteiger partial charge on any atom is 0.139 e. The highest BCUT2D eigenvalue weighted by Crippen LogP contribution is 2.21. The summed E-state index contributed by atoms with van der Waals surface area (Å²) in [6.45, 7) is 2.94. The summed E-state index contributed by atoms with van der Waals surface area (Å²) in [5.74, 6) is 0.870. The summed E-state index contributed by atoms with van der Waals surface area (Å²) in [7, 11) is 0. The van der Waals surface area contributed by atoms with E-state index in [1.54, 1.807) is 12.5 Å². The van der Waals surface area contributed by atoms with E-state index in [1.165, 1.54) is 0 Å².